The number of fused-ring (bicyclic) bond motifs is 1. The van der Waals surface area contributed by atoms with Crippen molar-refractivity contribution in [3.8, 4) is 0 Å². The van der Waals surface area contributed by atoms with Crippen molar-refractivity contribution in [3.05, 3.63) is 50.9 Å². The number of carbonyl (C=O) groups excluding carboxylic acids is 2. The molecule has 1 aromatic heterocycles. The van der Waals surface area contributed by atoms with Crippen LogP contribution < -0.4 is 5.32 Å². The van der Waals surface area contributed by atoms with Gasteiger partial charge in [-0.15, -0.1) is 11.3 Å². The van der Waals surface area contributed by atoms with Crippen molar-refractivity contribution in [2.75, 3.05) is 38.0 Å². The lowest BCUT2D eigenvalue weighted by atomic mass is 9.95. The third-order valence-corrected chi connectivity index (χ3v) is 7.54. The normalized spacial score (nSPS) is 17.1. The van der Waals surface area contributed by atoms with Crippen molar-refractivity contribution in [3.63, 3.8) is 0 Å². The summed E-state index contributed by atoms with van der Waals surface area (Å²) >= 11 is 7.64. The minimum atomic E-state index is -0.325. The number of piperazine rings is 1. The quantitative estimate of drug-likeness (QED) is 0.576. The first-order valence-corrected chi connectivity index (χ1v) is 12.9. The number of hydrogen-bond acceptors (Lipinski definition) is 6. The Hall–Kier alpha value is -1.93. The molecule has 1 aliphatic carbocycles. The second kappa shape index (κ2) is 11.0. The van der Waals surface area contributed by atoms with E-state index in [0.717, 1.165) is 69.0 Å². The van der Waals surface area contributed by atoms with Crippen LogP contribution in [0.4, 0.5) is 5.00 Å². The highest BCUT2D eigenvalue weighted by atomic mass is 35.5. The number of halogens is 1. The molecule has 0 bridgehead atoms. The molecule has 178 valence electrons. The van der Waals surface area contributed by atoms with Gasteiger partial charge in [0.15, 0.2) is 0 Å². The minimum absolute atomic E-state index is 0.0736. The summed E-state index contributed by atoms with van der Waals surface area (Å²) in [4.78, 5) is 31.4. The molecule has 1 fully saturated rings. The lowest BCUT2D eigenvalue weighted by Crippen LogP contribution is -2.48. The van der Waals surface area contributed by atoms with Crippen LogP contribution in [0.1, 0.15) is 53.1 Å². The number of esters is 1. The van der Waals surface area contributed by atoms with Crippen molar-refractivity contribution < 1.29 is 14.3 Å². The van der Waals surface area contributed by atoms with E-state index in [2.05, 4.69) is 21.2 Å². The Morgan fingerprint density at radius 2 is 1.85 bits per heavy atom. The molecule has 1 saturated heterocycles. The van der Waals surface area contributed by atoms with Gasteiger partial charge in [0.1, 0.15) is 5.00 Å². The molecule has 8 heteroatoms. The molecule has 6 nitrogen and oxygen atoms in total. The molecule has 0 saturated carbocycles. The number of nitrogens with zero attached hydrogens (tertiary/aromatic N) is 2. The van der Waals surface area contributed by atoms with Gasteiger partial charge in [-0.2, -0.15) is 0 Å². The fourth-order valence-electron chi connectivity index (χ4n) is 4.51. The first-order valence-electron chi connectivity index (χ1n) is 11.7. The smallest absolute Gasteiger partial charge is 0.341 e. The lowest BCUT2D eigenvalue weighted by Gasteiger charge is -2.34. The highest BCUT2D eigenvalue weighted by Crippen LogP contribution is 2.38. The zero-order chi connectivity index (χ0) is 23.4. The zero-order valence-electron chi connectivity index (χ0n) is 19.4. The number of anilines is 1. The maximum Gasteiger partial charge on any atom is 0.341 e. The van der Waals surface area contributed by atoms with E-state index in [1.54, 1.807) is 11.3 Å². The van der Waals surface area contributed by atoms with E-state index in [1.807, 2.05) is 32.0 Å². The van der Waals surface area contributed by atoms with Crippen LogP contribution in [0.25, 0.3) is 0 Å². The van der Waals surface area contributed by atoms with Gasteiger partial charge < -0.3 is 10.1 Å². The molecule has 1 aromatic carbocycles. The van der Waals surface area contributed by atoms with Crippen LogP contribution in [-0.2, 0) is 28.9 Å². The van der Waals surface area contributed by atoms with E-state index in [-0.39, 0.29) is 18.0 Å². The van der Waals surface area contributed by atoms with Gasteiger partial charge in [-0.05, 0) is 62.8 Å². The summed E-state index contributed by atoms with van der Waals surface area (Å²) in [7, 11) is 0. The summed E-state index contributed by atoms with van der Waals surface area (Å²) in [5.74, 6) is -0.398. The largest absolute Gasteiger partial charge is 0.459 e. The number of rotatable bonds is 7. The average Bonchev–Trinajstić information content (AvgIpc) is 3.12. The van der Waals surface area contributed by atoms with Crippen LogP contribution in [0, 0.1) is 0 Å². The molecule has 1 aliphatic heterocycles. The van der Waals surface area contributed by atoms with Crippen molar-refractivity contribution in [1.82, 2.24) is 9.80 Å². The van der Waals surface area contributed by atoms with Crippen LogP contribution in [-0.4, -0.2) is 60.5 Å². The molecule has 0 spiro atoms. The van der Waals surface area contributed by atoms with E-state index >= 15 is 0 Å². The molecule has 0 atom stereocenters. The summed E-state index contributed by atoms with van der Waals surface area (Å²) in [6, 6.07) is 7.96. The molecule has 0 radical (unpaired) electrons. The van der Waals surface area contributed by atoms with E-state index in [4.69, 9.17) is 16.3 Å². The SMILES string of the molecule is CC(C)OC(=O)c1c(NC(=O)CN2CCN(Cc3cccc(Cl)c3)CC2)sc2c1CCCC2. The van der Waals surface area contributed by atoms with E-state index < -0.39 is 0 Å². The zero-order valence-corrected chi connectivity index (χ0v) is 20.9. The number of thiophene rings is 1. The molecule has 2 aliphatic rings. The molecular weight excluding hydrogens is 458 g/mol. The average molecular weight is 490 g/mol. The van der Waals surface area contributed by atoms with Crippen LogP contribution in [0.5, 0.6) is 0 Å². The predicted molar refractivity (Wildman–Crippen MR) is 133 cm³/mol. The first kappa shape index (κ1) is 24.2. The monoisotopic (exact) mass is 489 g/mol. The van der Waals surface area contributed by atoms with Gasteiger partial charge in [0.25, 0.3) is 0 Å². The predicted octanol–water partition coefficient (Wildman–Crippen LogP) is 4.60. The van der Waals surface area contributed by atoms with E-state index in [0.29, 0.717) is 17.1 Å². The first-order chi connectivity index (χ1) is 15.9. The number of benzene rings is 1. The van der Waals surface area contributed by atoms with E-state index in [9.17, 15) is 9.59 Å². The maximum absolute atomic E-state index is 12.9. The number of amides is 1. The van der Waals surface area contributed by atoms with Crippen molar-refractivity contribution in [2.24, 2.45) is 0 Å². The molecule has 1 amide bonds. The molecule has 1 N–H and O–H groups in total. The second-order valence-electron chi connectivity index (χ2n) is 9.10. The topological polar surface area (TPSA) is 61.9 Å². The number of ether oxygens (including phenoxy) is 1. The molecule has 2 aromatic rings. The van der Waals surface area contributed by atoms with Crippen LogP contribution in [0.15, 0.2) is 24.3 Å². The number of carbonyl (C=O) groups is 2. The van der Waals surface area contributed by atoms with Crippen molar-refractivity contribution in [1.29, 1.82) is 0 Å². The molecule has 2 heterocycles. The van der Waals surface area contributed by atoms with Gasteiger partial charge in [0.05, 0.1) is 18.2 Å². The van der Waals surface area contributed by atoms with Crippen LogP contribution in [0.2, 0.25) is 5.02 Å². The number of nitrogens with one attached hydrogen (secondary N) is 1. The third-order valence-electron chi connectivity index (χ3n) is 6.10. The Kier molecular flexibility index (Phi) is 8.07. The summed E-state index contributed by atoms with van der Waals surface area (Å²) in [5, 5.41) is 4.44. The molecule has 33 heavy (non-hydrogen) atoms. The lowest BCUT2D eigenvalue weighted by molar-refractivity contribution is -0.117. The van der Waals surface area contributed by atoms with Crippen molar-refractivity contribution in [2.45, 2.75) is 52.2 Å². The fourth-order valence-corrected chi connectivity index (χ4v) is 6.02. The second-order valence-corrected chi connectivity index (χ2v) is 10.6. The molecular formula is C25H32ClN3O3S. The van der Waals surface area contributed by atoms with Gasteiger partial charge in [0.2, 0.25) is 5.91 Å². The summed E-state index contributed by atoms with van der Waals surface area (Å²) < 4.78 is 5.49. The van der Waals surface area contributed by atoms with Crippen molar-refractivity contribution >= 4 is 39.8 Å². The Bertz CT molecular complexity index is 999. The summed E-state index contributed by atoms with van der Waals surface area (Å²) in [6.07, 6.45) is 3.84. The molecule has 0 unspecified atom stereocenters. The van der Waals surface area contributed by atoms with Gasteiger partial charge in [-0.25, -0.2) is 4.79 Å². The van der Waals surface area contributed by atoms with Crippen LogP contribution >= 0.6 is 22.9 Å². The van der Waals surface area contributed by atoms with Gasteiger partial charge in [-0.3, -0.25) is 14.6 Å². The van der Waals surface area contributed by atoms with Gasteiger partial charge in [-0.1, -0.05) is 23.7 Å². The minimum Gasteiger partial charge on any atom is -0.459 e. The summed E-state index contributed by atoms with van der Waals surface area (Å²) in [6.45, 7) is 8.35. The Balaban J connectivity index is 1.34. The van der Waals surface area contributed by atoms with Crippen LogP contribution in [0.3, 0.4) is 0 Å². The Labute approximate surface area is 204 Å². The number of aryl methyl sites for hydroxylation is 1. The standard InChI is InChI=1S/C25H32ClN3O3S/c1-17(2)32-25(31)23-20-8-3-4-9-21(20)33-24(23)27-22(30)16-29-12-10-28(11-13-29)15-18-6-5-7-19(26)14-18/h5-7,14,17H,3-4,8-13,15-16H2,1-2H3,(H,27,30). The third kappa shape index (κ3) is 6.35. The fraction of sp³-hybridized carbons (Fsp3) is 0.520. The highest BCUT2D eigenvalue weighted by molar-refractivity contribution is 7.17. The Morgan fingerprint density at radius 1 is 1.12 bits per heavy atom. The van der Waals surface area contributed by atoms with E-state index in [1.165, 1.54) is 10.4 Å². The summed E-state index contributed by atoms with van der Waals surface area (Å²) in [5.41, 5.74) is 2.85. The van der Waals surface area contributed by atoms with Gasteiger partial charge >= 0.3 is 5.97 Å². The molecule has 4 rings (SSSR count). The van der Waals surface area contributed by atoms with Gasteiger partial charge in [0, 0.05) is 42.6 Å². The maximum atomic E-state index is 12.9. The number of hydrogen-bond donors (Lipinski definition) is 1. The highest BCUT2D eigenvalue weighted by Gasteiger charge is 2.28. The Morgan fingerprint density at radius 3 is 2.58 bits per heavy atom.